The lowest BCUT2D eigenvalue weighted by atomic mass is 10.2. The maximum atomic E-state index is 8.68. The third kappa shape index (κ3) is 4.20. The van der Waals surface area contributed by atoms with Crippen molar-refractivity contribution in [3.8, 4) is 0 Å². The van der Waals surface area contributed by atoms with Crippen LogP contribution in [0.3, 0.4) is 0 Å². The number of rotatable bonds is 5. The fourth-order valence-corrected chi connectivity index (χ4v) is 1.48. The van der Waals surface area contributed by atoms with Crippen molar-refractivity contribution in [2.75, 3.05) is 11.9 Å². The number of hydrogen-bond donors (Lipinski definition) is 2. The SMILES string of the molecule is CC(CCCO)Nc1cc(Cl)nnc1Cl. The molecule has 1 unspecified atom stereocenters. The van der Waals surface area contributed by atoms with Gasteiger partial charge in [0.2, 0.25) is 0 Å². The van der Waals surface area contributed by atoms with Crippen LogP contribution in [0.15, 0.2) is 6.07 Å². The zero-order valence-electron chi connectivity index (χ0n) is 8.37. The Morgan fingerprint density at radius 3 is 2.87 bits per heavy atom. The largest absolute Gasteiger partial charge is 0.396 e. The Hall–Kier alpha value is -0.580. The molecule has 1 atom stereocenters. The second-order valence-electron chi connectivity index (χ2n) is 3.28. The van der Waals surface area contributed by atoms with E-state index in [2.05, 4.69) is 15.5 Å². The van der Waals surface area contributed by atoms with Crippen LogP contribution in [0.2, 0.25) is 10.3 Å². The Labute approximate surface area is 98.6 Å². The molecule has 0 amide bonds. The Bertz CT molecular complexity index is 322. The molecule has 1 aromatic heterocycles. The fourth-order valence-electron chi connectivity index (χ4n) is 1.19. The third-order valence-electron chi connectivity index (χ3n) is 1.92. The Kier molecular flexibility index (Phi) is 5.08. The predicted molar refractivity (Wildman–Crippen MR) is 61.5 cm³/mol. The van der Waals surface area contributed by atoms with E-state index in [1.807, 2.05) is 6.92 Å². The van der Waals surface area contributed by atoms with Crippen LogP contribution < -0.4 is 5.32 Å². The zero-order chi connectivity index (χ0) is 11.3. The van der Waals surface area contributed by atoms with Crippen molar-refractivity contribution in [3.05, 3.63) is 16.4 Å². The molecule has 0 saturated heterocycles. The summed E-state index contributed by atoms with van der Waals surface area (Å²) in [6.07, 6.45) is 1.60. The van der Waals surface area contributed by atoms with Crippen LogP contribution in [-0.2, 0) is 0 Å². The summed E-state index contributed by atoms with van der Waals surface area (Å²) in [5.41, 5.74) is 0.669. The van der Waals surface area contributed by atoms with Crippen LogP contribution in [0.5, 0.6) is 0 Å². The van der Waals surface area contributed by atoms with Gasteiger partial charge in [-0.15, -0.1) is 10.2 Å². The summed E-state index contributed by atoms with van der Waals surface area (Å²) in [5, 5.41) is 19.7. The van der Waals surface area contributed by atoms with E-state index in [0.29, 0.717) is 16.0 Å². The average Bonchev–Trinajstić information content (AvgIpc) is 2.20. The lowest BCUT2D eigenvalue weighted by molar-refractivity contribution is 0.282. The standard InChI is InChI=1S/C9H13Cl2N3O/c1-6(3-2-4-15)12-7-5-8(10)13-14-9(7)11/h5-6,15H,2-4H2,1H3,(H,12,13). The van der Waals surface area contributed by atoms with Gasteiger partial charge < -0.3 is 10.4 Å². The van der Waals surface area contributed by atoms with Gasteiger partial charge in [0, 0.05) is 18.7 Å². The number of nitrogens with zero attached hydrogens (tertiary/aromatic N) is 2. The van der Waals surface area contributed by atoms with Crippen molar-refractivity contribution in [2.24, 2.45) is 0 Å². The number of aliphatic hydroxyl groups is 1. The maximum absolute atomic E-state index is 8.68. The average molecular weight is 250 g/mol. The molecule has 0 fully saturated rings. The Morgan fingerprint density at radius 2 is 2.20 bits per heavy atom. The van der Waals surface area contributed by atoms with E-state index in [1.165, 1.54) is 0 Å². The summed E-state index contributed by atoms with van der Waals surface area (Å²) >= 11 is 11.5. The number of hydrogen-bond acceptors (Lipinski definition) is 4. The molecule has 6 heteroatoms. The number of nitrogens with one attached hydrogen (secondary N) is 1. The predicted octanol–water partition coefficient (Wildman–Crippen LogP) is 2.36. The molecule has 84 valence electrons. The highest BCUT2D eigenvalue weighted by atomic mass is 35.5. The first kappa shape index (κ1) is 12.5. The quantitative estimate of drug-likeness (QED) is 0.842. The minimum absolute atomic E-state index is 0.190. The highest BCUT2D eigenvalue weighted by molar-refractivity contribution is 6.33. The highest BCUT2D eigenvalue weighted by Gasteiger charge is 2.07. The van der Waals surface area contributed by atoms with E-state index in [0.717, 1.165) is 12.8 Å². The van der Waals surface area contributed by atoms with Crippen LogP contribution >= 0.6 is 23.2 Å². The van der Waals surface area contributed by atoms with Crippen LogP contribution in [0.25, 0.3) is 0 Å². The molecule has 4 nitrogen and oxygen atoms in total. The van der Waals surface area contributed by atoms with E-state index in [1.54, 1.807) is 6.07 Å². The summed E-state index contributed by atoms with van der Waals surface area (Å²) in [6.45, 7) is 2.19. The topological polar surface area (TPSA) is 58.0 Å². The van der Waals surface area contributed by atoms with Gasteiger partial charge in [0.15, 0.2) is 10.3 Å². The molecule has 0 radical (unpaired) electrons. The molecule has 1 heterocycles. The molecule has 0 spiro atoms. The van der Waals surface area contributed by atoms with Crippen molar-refractivity contribution in [3.63, 3.8) is 0 Å². The monoisotopic (exact) mass is 249 g/mol. The van der Waals surface area contributed by atoms with Crippen LogP contribution in [0, 0.1) is 0 Å². The lowest BCUT2D eigenvalue weighted by Crippen LogP contribution is -2.16. The van der Waals surface area contributed by atoms with Gasteiger partial charge in [0.05, 0.1) is 5.69 Å². The summed E-state index contributed by atoms with van der Waals surface area (Å²) in [6, 6.07) is 1.83. The van der Waals surface area contributed by atoms with Gasteiger partial charge in [-0.3, -0.25) is 0 Å². The molecule has 0 bridgehead atoms. The summed E-state index contributed by atoms with van der Waals surface area (Å²) in [7, 11) is 0. The van der Waals surface area contributed by atoms with Crippen LogP contribution in [0.4, 0.5) is 5.69 Å². The number of aromatic nitrogens is 2. The molecule has 15 heavy (non-hydrogen) atoms. The number of anilines is 1. The summed E-state index contributed by atoms with van der Waals surface area (Å²) in [4.78, 5) is 0. The minimum Gasteiger partial charge on any atom is -0.396 e. The van der Waals surface area contributed by atoms with Crippen LogP contribution in [0.1, 0.15) is 19.8 Å². The smallest absolute Gasteiger partial charge is 0.174 e. The van der Waals surface area contributed by atoms with Crippen molar-refractivity contribution >= 4 is 28.9 Å². The number of aliphatic hydroxyl groups excluding tert-OH is 1. The van der Waals surface area contributed by atoms with Crippen molar-refractivity contribution in [1.82, 2.24) is 10.2 Å². The number of halogens is 2. The second-order valence-corrected chi connectivity index (χ2v) is 4.03. The van der Waals surface area contributed by atoms with Gasteiger partial charge in [0.25, 0.3) is 0 Å². The van der Waals surface area contributed by atoms with E-state index in [-0.39, 0.29) is 12.6 Å². The second kappa shape index (κ2) is 6.10. The summed E-state index contributed by atoms with van der Waals surface area (Å²) in [5.74, 6) is 0. The van der Waals surface area contributed by atoms with Crippen molar-refractivity contribution < 1.29 is 5.11 Å². The molecule has 0 aliphatic rings. The van der Waals surface area contributed by atoms with E-state index in [9.17, 15) is 0 Å². The van der Waals surface area contributed by atoms with E-state index < -0.39 is 0 Å². The van der Waals surface area contributed by atoms with E-state index >= 15 is 0 Å². The fraction of sp³-hybridized carbons (Fsp3) is 0.556. The van der Waals surface area contributed by atoms with Gasteiger partial charge in [0.1, 0.15) is 0 Å². The first-order valence-electron chi connectivity index (χ1n) is 4.69. The van der Waals surface area contributed by atoms with E-state index in [4.69, 9.17) is 28.3 Å². The molecule has 0 saturated carbocycles. The normalized spacial score (nSPS) is 12.5. The first-order valence-corrected chi connectivity index (χ1v) is 5.45. The third-order valence-corrected chi connectivity index (χ3v) is 2.38. The van der Waals surface area contributed by atoms with Crippen molar-refractivity contribution in [1.29, 1.82) is 0 Å². The summed E-state index contributed by atoms with van der Waals surface area (Å²) < 4.78 is 0. The molecule has 0 aromatic carbocycles. The zero-order valence-corrected chi connectivity index (χ0v) is 9.89. The van der Waals surface area contributed by atoms with Gasteiger partial charge in [-0.25, -0.2) is 0 Å². The maximum Gasteiger partial charge on any atom is 0.174 e. The van der Waals surface area contributed by atoms with Gasteiger partial charge in [-0.2, -0.15) is 0 Å². The molecular weight excluding hydrogens is 237 g/mol. The van der Waals surface area contributed by atoms with Crippen LogP contribution in [-0.4, -0.2) is 28.0 Å². The van der Waals surface area contributed by atoms with Gasteiger partial charge in [-0.05, 0) is 19.8 Å². The Balaban J connectivity index is 2.59. The molecule has 0 aliphatic heterocycles. The first-order chi connectivity index (χ1) is 7.13. The molecule has 1 aromatic rings. The van der Waals surface area contributed by atoms with Gasteiger partial charge in [-0.1, -0.05) is 23.2 Å². The molecular formula is C9H13Cl2N3O. The molecule has 1 rings (SSSR count). The molecule has 0 aliphatic carbocycles. The Morgan fingerprint density at radius 1 is 1.47 bits per heavy atom. The minimum atomic E-state index is 0.190. The highest BCUT2D eigenvalue weighted by Crippen LogP contribution is 2.22. The van der Waals surface area contributed by atoms with Gasteiger partial charge >= 0.3 is 0 Å². The lowest BCUT2D eigenvalue weighted by Gasteiger charge is -2.14. The molecule has 2 N–H and O–H groups in total. The van der Waals surface area contributed by atoms with Crippen molar-refractivity contribution in [2.45, 2.75) is 25.8 Å².